The highest BCUT2D eigenvalue weighted by atomic mass is 79.9. The van der Waals surface area contributed by atoms with Crippen molar-refractivity contribution >= 4 is 21.8 Å². The summed E-state index contributed by atoms with van der Waals surface area (Å²) in [6.07, 6.45) is 6.09. The lowest BCUT2D eigenvalue weighted by molar-refractivity contribution is 0.0904. The standard InChI is InChI=1S/C16H22BrNO/c1-2-13-5-3-4-6-15(13)18-16(19)14-9-7-12(11-17)8-10-14/h7-10,13,15H,2-6,11H2,1H3,(H,18,19). The van der Waals surface area contributed by atoms with Crippen LogP contribution in [-0.2, 0) is 5.33 Å². The van der Waals surface area contributed by atoms with Crippen LogP contribution < -0.4 is 5.32 Å². The Balaban J connectivity index is 1.98. The zero-order valence-electron chi connectivity index (χ0n) is 11.5. The quantitative estimate of drug-likeness (QED) is 0.823. The largest absolute Gasteiger partial charge is 0.349 e. The molecule has 0 heterocycles. The molecule has 1 aliphatic carbocycles. The van der Waals surface area contributed by atoms with Crippen molar-refractivity contribution in [1.29, 1.82) is 0 Å². The molecule has 1 fully saturated rings. The van der Waals surface area contributed by atoms with Gasteiger partial charge in [-0.2, -0.15) is 0 Å². The number of benzene rings is 1. The Bertz CT molecular complexity index is 415. The Morgan fingerprint density at radius 1 is 1.26 bits per heavy atom. The van der Waals surface area contributed by atoms with E-state index in [0.29, 0.717) is 12.0 Å². The van der Waals surface area contributed by atoms with Crippen molar-refractivity contribution in [2.24, 2.45) is 5.92 Å². The smallest absolute Gasteiger partial charge is 0.251 e. The van der Waals surface area contributed by atoms with Crippen LogP contribution in [0.2, 0.25) is 0 Å². The molecule has 2 nitrogen and oxygen atoms in total. The number of rotatable bonds is 4. The molecule has 1 N–H and O–H groups in total. The second-order valence-corrected chi connectivity index (χ2v) is 5.92. The van der Waals surface area contributed by atoms with Gasteiger partial charge in [-0.1, -0.05) is 54.2 Å². The Kier molecular flexibility index (Phi) is 5.44. The van der Waals surface area contributed by atoms with Crippen LogP contribution in [0.15, 0.2) is 24.3 Å². The van der Waals surface area contributed by atoms with Gasteiger partial charge in [-0.15, -0.1) is 0 Å². The van der Waals surface area contributed by atoms with Crippen LogP contribution in [-0.4, -0.2) is 11.9 Å². The van der Waals surface area contributed by atoms with Gasteiger partial charge in [0.05, 0.1) is 0 Å². The summed E-state index contributed by atoms with van der Waals surface area (Å²) in [5.41, 5.74) is 1.96. The maximum Gasteiger partial charge on any atom is 0.251 e. The maximum absolute atomic E-state index is 12.3. The molecule has 1 aromatic carbocycles. The van der Waals surface area contributed by atoms with Gasteiger partial charge < -0.3 is 5.32 Å². The fourth-order valence-corrected chi connectivity index (χ4v) is 3.26. The fourth-order valence-electron chi connectivity index (χ4n) is 2.88. The zero-order chi connectivity index (χ0) is 13.7. The van der Waals surface area contributed by atoms with Gasteiger partial charge in [0.2, 0.25) is 0 Å². The van der Waals surface area contributed by atoms with Gasteiger partial charge in [0.15, 0.2) is 0 Å². The third-order valence-electron chi connectivity index (χ3n) is 4.12. The molecule has 0 aromatic heterocycles. The number of amides is 1. The molecule has 1 aliphatic rings. The van der Waals surface area contributed by atoms with E-state index < -0.39 is 0 Å². The summed E-state index contributed by atoms with van der Waals surface area (Å²) in [6, 6.07) is 8.19. The van der Waals surface area contributed by atoms with E-state index in [4.69, 9.17) is 0 Å². The fraction of sp³-hybridized carbons (Fsp3) is 0.562. The first kappa shape index (κ1) is 14.6. The Hall–Kier alpha value is -0.830. The molecule has 2 atom stereocenters. The average Bonchev–Trinajstić information content (AvgIpc) is 2.48. The summed E-state index contributed by atoms with van der Waals surface area (Å²) in [5, 5.41) is 4.05. The highest BCUT2D eigenvalue weighted by Gasteiger charge is 2.25. The van der Waals surface area contributed by atoms with E-state index in [1.165, 1.54) is 24.8 Å². The van der Waals surface area contributed by atoms with Crippen LogP contribution in [0.3, 0.4) is 0 Å². The monoisotopic (exact) mass is 323 g/mol. The lowest BCUT2D eigenvalue weighted by Gasteiger charge is -2.31. The van der Waals surface area contributed by atoms with Gasteiger partial charge in [-0.3, -0.25) is 4.79 Å². The molecule has 1 aromatic rings. The normalized spacial score (nSPS) is 23.1. The van der Waals surface area contributed by atoms with Crippen molar-refractivity contribution in [2.45, 2.75) is 50.4 Å². The highest BCUT2D eigenvalue weighted by Crippen LogP contribution is 2.27. The maximum atomic E-state index is 12.3. The molecule has 2 unspecified atom stereocenters. The van der Waals surface area contributed by atoms with E-state index in [-0.39, 0.29) is 5.91 Å². The molecule has 0 radical (unpaired) electrons. The molecule has 1 amide bonds. The number of alkyl halides is 1. The summed E-state index contributed by atoms with van der Waals surface area (Å²) in [7, 11) is 0. The Labute approximate surface area is 124 Å². The summed E-state index contributed by atoms with van der Waals surface area (Å²) < 4.78 is 0. The van der Waals surface area contributed by atoms with Crippen molar-refractivity contribution in [3.05, 3.63) is 35.4 Å². The van der Waals surface area contributed by atoms with Gasteiger partial charge in [0.1, 0.15) is 0 Å². The van der Waals surface area contributed by atoms with Crippen molar-refractivity contribution < 1.29 is 4.79 Å². The number of carbonyl (C=O) groups excluding carboxylic acids is 1. The minimum atomic E-state index is 0.0754. The van der Waals surface area contributed by atoms with Gasteiger partial charge in [0.25, 0.3) is 5.91 Å². The van der Waals surface area contributed by atoms with Crippen molar-refractivity contribution in [3.63, 3.8) is 0 Å². The van der Waals surface area contributed by atoms with Crippen LogP contribution in [0, 0.1) is 5.92 Å². The first-order valence-corrected chi connectivity index (χ1v) is 8.32. The Morgan fingerprint density at radius 2 is 1.95 bits per heavy atom. The highest BCUT2D eigenvalue weighted by molar-refractivity contribution is 9.08. The summed E-state index contributed by atoms with van der Waals surface area (Å²) in [4.78, 5) is 12.3. The van der Waals surface area contributed by atoms with E-state index in [9.17, 15) is 4.79 Å². The number of halogens is 1. The van der Waals surface area contributed by atoms with E-state index in [1.54, 1.807) is 0 Å². The van der Waals surface area contributed by atoms with Gasteiger partial charge >= 0.3 is 0 Å². The van der Waals surface area contributed by atoms with Gasteiger partial charge in [0, 0.05) is 16.9 Å². The number of hydrogen-bond donors (Lipinski definition) is 1. The number of carbonyl (C=O) groups is 1. The zero-order valence-corrected chi connectivity index (χ0v) is 13.1. The van der Waals surface area contributed by atoms with Crippen LogP contribution in [0.1, 0.15) is 54.9 Å². The van der Waals surface area contributed by atoms with Crippen LogP contribution in [0.25, 0.3) is 0 Å². The number of nitrogens with one attached hydrogen (secondary N) is 1. The van der Waals surface area contributed by atoms with E-state index in [0.717, 1.165) is 23.7 Å². The van der Waals surface area contributed by atoms with Crippen LogP contribution in [0.4, 0.5) is 0 Å². The lowest BCUT2D eigenvalue weighted by Crippen LogP contribution is -2.41. The minimum Gasteiger partial charge on any atom is -0.349 e. The minimum absolute atomic E-state index is 0.0754. The molecular formula is C16H22BrNO. The topological polar surface area (TPSA) is 29.1 Å². The molecule has 104 valence electrons. The number of hydrogen-bond acceptors (Lipinski definition) is 1. The summed E-state index contributed by atoms with van der Waals surface area (Å²) >= 11 is 3.42. The van der Waals surface area contributed by atoms with Crippen molar-refractivity contribution in [1.82, 2.24) is 5.32 Å². The summed E-state index contributed by atoms with van der Waals surface area (Å²) in [6.45, 7) is 2.22. The first-order valence-electron chi connectivity index (χ1n) is 7.20. The third-order valence-corrected chi connectivity index (χ3v) is 4.77. The Morgan fingerprint density at radius 3 is 2.58 bits per heavy atom. The summed E-state index contributed by atoms with van der Waals surface area (Å²) in [5.74, 6) is 0.728. The molecule has 0 bridgehead atoms. The van der Waals surface area contributed by atoms with Crippen molar-refractivity contribution in [2.75, 3.05) is 0 Å². The second-order valence-electron chi connectivity index (χ2n) is 5.36. The van der Waals surface area contributed by atoms with E-state index in [2.05, 4.69) is 28.2 Å². The van der Waals surface area contributed by atoms with E-state index >= 15 is 0 Å². The van der Waals surface area contributed by atoms with Crippen LogP contribution >= 0.6 is 15.9 Å². The molecular weight excluding hydrogens is 302 g/mol. The van der Waals surface area contributed by atoms with Gasteiger partial charge in [-0.05, 0) is 36.5 Å². The lowest BCUT2D eigenvalue weighted by atomic mass is 9.83. The first-order chi connectivity index (χ1) is 9.24. The molecule has 2 rings (SSSR count). The molecule has 1 saturated carbocycles. The molecule has 0 spiro atoms. The van der Waals surface area contributed by atoms with Crippen LogP contribution in [0.5, 0.6) is 0 Å². The van der Waals surface area contributed by atoms with Gasteiger partial charge in [-0.25, -0.2) is 0 Å². The second kappa shape index (κ2) is 7.09. The van der Waals surface area contributed by atoms with E-state index in [1.807, 2.05) is 24.3 Å². The molecule has 0 saturated heterocycles. The third kappa shape index (κ3) is 3.82. The molecule has 3 heteroatoms. The molecule has 0 aliphatic heterocycles. The SMILES string of the molecule is CCC1CCCCC1NC(=O)c1ccc(CBr)cc1. The predicted molar refractivity (Wildman–Crippen MR) is 82.6 cm³/mol. The van der Waals surface area contributed by atoms with Crippen molar-refractivity contribution in [3.8, 4) is 0 Å². The average molecular weight is 324 g/mol. The predicted octanol–water partition coefficient (Wildman–Crippen LogP) is 4.28. The molecule has 19 heavy (non-hydrogen) atoms.